The van der Waals surface area contributed by atoms with Gasteiger partial charge in [-0.05, 0) is 24.6 Å². The molecule has 2 aromatic rings. The van der Waals surface area contributed by atoms with Gasteiger partial charge in [0.25, 0.3) is 5.91 Å². The average Bonchev–Trinajstić information content (AvgIpc) is 2.90. The predicted molar refractivity (Wildman–Crippen MR) is 77.8 cm³/mol. The van der Waals surface area contributed by atoms with Gasteiger partial charge in [-0.1, -0.05) is 23.5 Å². The number of nitriles is 1. The monoisotopic (exact) mass is 287 g/mol. The number of benzene rings is 1. The summed E-state index contributed by atoms with van der Waals surface area (Å²) in [7, 11) is 0. The highest BCUT2D eigenvalue weighted by Crippen LogP contribution is 2.17. The van der Waals surface area contributed by atoms with Crippen LogP contribution in [0.5, 0.6) is 0 Å². The molecular formula is C13H13N5OS. The van der Waals surface area contributed by atoms with Crippen LogP contribution in [0.25, 0.3) is 0 Å². The largest absolute Gasteiger partial charge is 0.360 e. The van der Waals surface area contributed by atoms with Crippen molar-refractivity contribution in [3.8, 4) is 6.07 Å². The molecule has 0 radical (unpaired) electrons. The summed E-state index contributed by atoms with van der Waals surface area (Å²) >= 11 is 1.21. The molecule has 1 aromatic heterocycles. The third-order valence-corrected chi connectivity index (χ3v) is 3.32. The molecule has 0 aliphatic carbocycles. The van der Waals surface area contributed by atoms with Crippen LogP contribution in [0.3, 0.4) is 0 Å². The Balaban J connectivity index is 2.01. The van der Waals surface area contributed by atoms with Crippen LogP contribution in [0.2, 0.25) is 0 Å². The Bertz CT molecular complexity index is 629. The lowest BCUT2D eigenvalue weighted by Crippen LogP contribution is -2.11. The van der Waals surface area contributed by atoms with Crippen LogP contribution in [0.1, 0.15) is 22.3 Å². The molecule has 102 valence electrons. The van der Waals surface area contributed by atoms with E-state index in [0.717, 1.165) is 12.1 Å². The fraction of sp³-hybridized carbons (Fsp3) is 0.231. The van der Waals surface area contributed by atoms with Gasteiger partial charge < -0.3 is 10.6 Å². The minimum atomic E-state index is -0.292. The lowest BCUT2D eigenvalue weighted by atomic mass is 10.1. The molecule has 1 heterocycles. The smallest absolute Gasteiger partial charge is 0.286 e. The first-order valence-corrected chi connectivity index (χ1v) is 6.89. The standard InChI is InChI=1S/C13H13N5OS/c1-2-15-13-18-17-12(20-13)11(19)16-10-5-3-9(4-6-10)7-8-14/h3-6H,2,7H2,1H3,(H,15,18)(H,16,19). The van der Waals surface area contributed by atoms with Crippen molar-refractivity contribution >= 4 is 28.1 Å². The maximum absolute atomic E-state index is 12.0. The van der Waals surface area contributed by atoms with Gasteiger partial charge in [0, 0.05) is 12.2 Å². The van der Waals surface area contributed by atoms with Crippen LogP contribution >= 0.6 is 11.3 Å². The molecule has 0 unspecified atom stereocenters. The lowest BCUT2D eigenvalue weighted by Gasteiger charge is -2.03. The topological polar surface area (TPSA) is 90.7 Å². The molecule has 0 aliphatic rings. The van der Waals surface area contributed by atoms with Crippen molar-refractivity contribution in [3.63, 3.8) is 0 Å². The van der Waals surface area contributed by atoms with Gasteiger partial charge in [-0.25, -0.2) is 0 Å². The third-order valence-electron chi connectivity index (χ3n) is 2.44. The predicted octanol–water partition coefficient (Wildman–Crippen LogP) is 2.29. The number of carbonyl (C=O) groups excluding carboxylic acids is 1. The Morgan fingerprint density at radius 1 is 1.35 bits per heavy atom. The normalized spacial score (nSPS) is 9.80. The van der Waals surface area contributed by atoms with E-state index in [1.165, 1.54) is 11.3 Å². The highest BCUT2D eigenvalue weighted by molar-refractivity contribution is 7.17. The minimum Gasteiger partial charge on any atom is -0.360 e. The molecule has 0 saturated carbocycles. The molecule has 0 spiro atoms. The molecule has 6 nitrogen and oxygen atoms in total. The summed E-state index contributed by atoms with van der Waals surface area (Å²) < 4.78 is 0. The van der Waals surface area contributed by atoms with E-state index in [9.17, 15) is 4.79 Å². The molecule has 2 rings (SSSR count). The zero-order valence-corrected chi connectivity index (χ0v) is 11.7. The SMILES string of the molecule is CCNc1nnc(C(=O)Nc2ccc(CC#N)cc2)s1. The summed E-state index contributed by atoms with van der Waals surface area (Å²) in [6.07, 6.45) is 0.358. The lowest BCUT2D eigenvalue weighted by molar-refractivity contribution is 0.102. The maximum atomic E-state index is 12.0. The molecule has 0 bridgehead atoms. The van der Waals surface area contributed by atoms with E-state index < -0.39 is 0 Å². The Labute approximate surface area is 120 Å². The third kappa shape index (κ3) is 3.52. The summed E-state index contributed by atoms with van der Waals surface area (Å²) in [6.45, 7) is 2.68. The number of nitrogens with one attached hydrogen (secondary N) is 2. The molecule has 1 amide bonds. The number of amides is 1. The van der Waals surface area contributed by atoms with Crippen LogP contribution in [0, 0.1) is 11.3 Å². The summed E-state index contributed by atoms with van der Waals surface area (Å²) in [5, 5.41) is 23.0. The van der Waals surface area contributed by atoms with Gasteiger partial charge in [-0.15, -0.1) is 10.2 Å². The van der Waals surface area contributed by atoms with Gasteiger partial charge in [-0.3, -0.25) is 4.79 Å². The quantitative estimate of drug-likeness (QED) is 0.880. The van der Waals surface area contributed by atoms with Crippen LogP contribution in [-0.4, -0.2) is 22.6 Å². The van der Waals surface area contributed by atoms with Crippen LogP contribution in [0.15, 0.2) is 24.3 Å². The second-order valence-corrected chi connectivity index (χ2v) is 4.91. The highest BCUT2D eigenvalue weighted by Gasteiger charge is 2.12. The van der Waals surface area contributed by atoms with Crippen molar-refractivity contribution in [3.05, 3.63) is 34.8 Å². The van der Waals surface area contributed by atoms with Gasteiger partial charge in [-0.2, -0.15) is 5.26 Å². The number of aromatic nitrogens is 2. The van der Waals surface area contributed by atoms with Gasteiger partial charge in [0.1, 0.15) is 0 Å². The first-order chi connectivity index (χ1) is 9.72. The van der Waals surface area contributed by atoms with E-state index in [1.54, 1.807) is 12.1 Å². The van der Waals surface area contributed by atoms with E-state index >= 15 is 0 Å². The van der Waals surface area contributed by atoms with E-state index in [-0.39, 0.29) is 5.91 Å². The molecule has 0 atom stereocenters. The number of hydrogen-bond acceptors (Lipinski definition) is 6. The van der Waals surface area contributed by atoms with Crippen molar-refractivity contribution in [1.29, 1.82) is 5.26 Å². The Morgan fingerprint density at radius 3 is 2.75 bits per heavy atom. The fourth-order valence-corrected chi connectivity index (χ4v) is 2.23. The first kappa shape index (κ1) is 14.0. The number of hydrogen-bond donors (Lipinski definition) is 2. The van der Waals surface area contributed by atoms with E-state index in [0.29, 0.717) is 22.2 Å². The van der Waals surface area contributed by atoms with Crippen molar-refractivity contribution in [2.45, 2.75) is 13.3 Å². The van der Waals surface area contributed by atoms with Crippen LogP contribution < -0.4 is 10.6 Å². The van der Waals surface area contributed by atoms with Gasteiger partial charge in [0.15, 0.2) is 0 Å². The molecule has 2 N–H and O–H groups in total. The molecule has 0 aliphatic heterocycles. The fourth-order valence-electron chi connectivity index (χ4n) is 1.52. The van der Waals surface area contributed by atoms with Crippen molar-refractivity contribution < 1.29 is 4.79 Å². The van der Waals surface area contributed by atoms with Crippen molar-refractivity contribution in [1.82, 2.24) is 10.2 Å². The Morgan fingerprint density at radius 2 is 2.10 bits per heavy atom. The van der Waals surface area contributed by atoms with Crippen LogP contribution in [0.4, 0.5) is 10.8 Å². The second kappa shape index (κ2) is 6.63. The Hall–Kier alpha value is -2.46. The number of nitrogens with zero attached hydrogens (tertiary/aromatic N) is 3. The molecule has 0 saturated heterocycles. The zero-order valence-electron chi connectivity index (χ0n) is 10.9. The van der Waals surface area contributed by atoms with Crippen molar-refractivity contribution in [2.75, 3.05) is 17.2 Å². The van der Waals surface area contributed by atoms with Crippen LogP contribution in [-0.2, 0) is 6.42 Å². The van der Waals surface area contributed by atoms with Gasteiger partial charge in [0.2, 0.25) is 10.1 Å². The molecular weight excluding hydrogens is 274 g/mol. The zero-order chi connectivity index (χ0) is 14.4. The molecule has 7 heteroatoms. The number of rotatable bonds is 5. The highest BCUT2D eigenvalue weighted by atomic mass is 32.1. The first-order valence-electron chi connectivity index (χ1n) is 6.07. The molecule has 20 heavy (non-hydrogen) atoms. The van der Waals surface area contributed by atoms with Crippen molar-refractivity contribution in [2.24, 2.45) is 0 Å². The molecule has 0 fully saturated rings. The summed E-state index contributed by atoms with van der Waals surface area (Å²) in [6, 6.07) is 9.21. The Kier molecular flexibility index (Phi) is 4.63. The van der Waals surface area contributed by atoms with E-state index in [1.807, 2.05) is 19.1 Å². The summed E-state index contributed by atoms with van der Waals surface area (Å²) in [5.74, 6) is -0.292. The van der Waals surface area contributed by atoms with Gasteiger partial charge in [0.05, 0.1) is 12.5 Å². The number of carbonyl (C=O) groups is 1. The summed E-state index contributed by atoms with van der Waals surface area (Å²) in [4.78, 5) is 12.0. The summed E-state index contributed by atoms with van der Waals surface area (Å²) in [5.41, 5.74) is 1.58. The van der Waals surface area contributed by atoms with Gasteiger partial charge >= 0.3 is 0 Å². The van der Waals surface area contributed by atoms with E-state index in [4.69, 9.17) is 5.26 Å². The average molecular weight is 287 g/mol. The minimum absolute atomic E-state index is 0.292. The van der Waals surface area contributed by atoms with E-state index in [2.05, 4.69) is 26.9 Å². The number of anilines is 2. The molecule has 1 aromatic carbocycles. The second-order valence-electron chi connectivity index (χ2n) is 3.93. The maximum Gasteiger partial charge on any atom is 0.286 e.